The van der Waals surface area contributed by atoms with Crippen molar-refractivity contribution >= 4 is 15.5 Å². The first-order valence-electron chi connectivity index (χ1n) is 7.23. The van der Waals surface area contributed by atoms with E-state index in [1.165, 1.54) is 18.4 Å². The summed E-state index contributed by atoms with van der Waals surface area (Å²) >= 11 is 0. The molecule has 1 N–H and O–H groups in total. The molecule has 0 amide bonds. The fraction of sp³-hybridized carbons (Fsp3) is 0.600. The van der Waals surface area contributed by atoms with Crippen molar-refractivity contribution < 1.29 is 17.2 Å². The van der Waals surface area contributed by atoms with Crippen LogP contribution in [0.1, 0.15) is 20.3 Å². The molecule has 0 radical (unpaired) electrons. The number of nitrogens with zero attached hydrogens (tertiary/aromatic N) is 1. The average molecular weight is 332 g/mol. The minimum absolute atomic E-state index is 0.0884. The lowest BCUT2D eigenvalue weighted by Crippen LogP contribution is -2.46. The normalized spacial score (nSPS) is 19.7. The Morgan fingerprint density at radius 3 is 2.64 bits per heavy atom. The van der Waals surface area contributed by atoms with Gasteiger partial charge in [0, 0.05) is 38.0 Å². The van der Waals surface area contributed by atoms with E-state index < -0.39 is 26.2 Å². The van der Waals surface area contributed by atoms with Gasteiger partial charge in [-0.05, 0) is 32.4 Å². The van der Waals surface area contributed by atoms with E-state index in [1.807, 2.05) is 4.90 Å². The van der Waals surface area contributed by atoms with Gasteiger partial charge in [-0.15, -0.1) is 0 Å². The van der Waals surface area contributed by atoms with Gasteiger partial charge in [-0.25, -0.2) is 17.2 Å². The second kappa shape index (κ2) is 6.12. The zero-order valence-electron chi connectivity index (χ0n) is 13.1. The Hall–Kier alpha value is -1.21. The second-order valence-corrected chi connectivity index (χ2v) is 9.09. The highest BCUT2D eigenvalue weighted by Gasteiger charge is 2.32. The Morgan fingerprint density at radius 2 is 2.05 bits per heavy atom. The van der Waals surface area contributed by atoms with Gasteiger partial charge in [-0.1, -0.05) is 0 Å². The van der Waals surface area contributed by atoms with Crippen molar-refractivity contribution in [3.05, 3.63) is 29.8 Å². The van der Waals surface area contributed by atoms with Crippen LogP contribution in [0.4, 0.5) is 14.5 Å². The van der Waals surface area contributed by atoms with Gasteiger partial charge in [-0.2, -0.15) is 0 Å². The molecule has 1 fully saturated rings. The Labute approximate surface area is 130 Å². The highest BCUT2D eigenvalue weighted by molar-refractivity contribution is 7.92. The summed E-state index contributed by atoms with van der Waals surface area (Å²) in [6, 6.07) is 3.65. The van der Waals surface area contributed by atoms with Crippen LogP contribution in [0.3, 0.4) is 0 Å². The van der Waals surface area contributed by atoms with E-state index in [0.717, 1.165) is 12.5 Å². The first-order chi connectivity index (χ1) is 10.1. The maximum Gasteiger partial charge on any atom is 0.153 e. The Bertz CT molecular complexity index is 647. The maximum absolute atomic E-state index is 13.8. The molecule has 1 atom stereocenters. The van der Waals surface area contributed by atoms with Crippen molar-refractivity contribution in [3.63, 3.8) is 0 Å². The molecule has 0 bridgehead atoms. The molecule has 1 aromatic carbocycles. The van der Waals surface area contributed by atoms with Crippen LogP contribution in [0, 0.1) is 11.6 Å². The van der Waals surface area contributed by atoms with Crippen LogP contribution in [-0.2, 0) is 9.84 Å². The topological polar surface area (TPSA) is 49.4 Å². The monoisotopic (exact) mass is 332 g/mol. The van der Waals surface area contributed by atoms with Crippen molar-refractivity contribution in [2.24, 2.45) is 0 Å². The van der Waals surface area contributed by atoms with E-state index in [9.17, 15) is 17.2 Å². The third kappa shape index (κ3) is 3.76. The molecule has 0 saturated carbocycles. The van der Waals surface area contributed by atoms with E-state index in [-0.39, 0.29) is 6.04 Å². The van der Waals surface area contributed by atoms with Crippen LogP contribution < -0.4 is 10.2 Å². The summed E-state index contributed by atoms with van der Waals surface area (Å²) in [6.07, 6.45) is 2.01. The lowest BCUT2D eigenvalue weighted by molar-refractivity contribution is 0.480. The molecule has 0 unspecified atom stereocenters. The molecular formula is C15H22F2N2O2S. The van der Waals surface area contributed by atoms with Gasteiger partial charge in [0.1, 0.15) is 11.6 Å². The second-order valence-electron chi connectivity index (χ2n) is 6.44. The van der Waals surface area contributed by atoms with Crippen LogP contribution in [0.2, 0.25) is 0 Å². The summed E-state index contributed by atoms with van der Waals surface area (Å²) in [4.78, 5) is 1.85. The average Bonchev–Trinajstić information content (AvgIpc) is 2.83. The summed E-state index contributed by atoms with van der Waals surface area (Å²) in [6.45, 7) is 4.93. The van der Waals surface area contributed by atoms with Gasteiger partial charge in [0.15, 0.2) is 9.84 Å². The standard InChI is InChI=1S/C15H22F2N2O2S/c1-15(2,22(3,20)21)10-18-12-6-7-19(9-12)14-5-4-11(16)8-13(14)17/h4-5,8,12,18H,6-7,9-10H2,1-3H3/t12-/m0/s1. The quantitative estimate of drug-likeness (QED) is 0.895. The van der Waals surface area contributed by atoms with E-state index in [2.05, 4.69) is 5.32 Å². The van der Waals surface area contributed by atoms with Crippen LogP contribution in [-0.4, -0.2) is 45.1 Å². The fourth-order valence-electron chi connectivity index (χ4n) is 2.40. The number of anilines is 1. The third-order valence-electron chi connectivity index (χ3n) is 4.26. The van der Waals surface area contributed by atoms with Crippen molar-refractivity contribution in [2.45, 2.75) is 31.1 Å². The molecule has 7 heteroatoms. The highest BCUT2D eigenvalue weighted by Crippen LogP contribution is 2.24. The minimum atomic E-state index is -3.15. The number of benzene rings is 1. The molecule has 22 heavy (non-hydrogen) atoms. The summed E-state index contributed by atoms with van der Waals surface area (Å²) in [5.74, 6) is -1.16. The van der Waals surface area contributed by atoms with Crippen molar-refractivity contribution in [1.82, 2.24) is 5.32 Å². The van der Waals surface area contributed by atoms with Crippen molar-refractivity contribution in [3.8, 4) is 0 Å². The van der Waals surface area contributed by atoms with Crippen LogP contribution in [0.5, 0.6) is 0 Å². The third-order valence-corrected chi connectivity index (χ3v) is 6.41. The van der Waals surface area contributed by atoms with Crippen molar-refractivity contribution in [2.75, 3.05) is 30.8 Å². The highest BCUT2D eigenvalue weighted by atomic mass is 32.2. The van der Waals surface area contributed by atoms with E-state index in [0.29, 0.717) is 25.3 Å². The van der Waals surface area contributed by atoms with Gasteiger partial charge >= 0.3 is 0 Å². The number of rotatable bonds is 5. The van der Waals surface area contributed by atoms with E-state index in [4.69, 9.17) is 0 Å². The predicted molar refractivity (Wildman–Crippen MR) is 83.9 cm³/mol. The van der Waals surface area contributed by atoms with E-state index in [1.54, 1.807) is 13.8 Å². The van der Waals surface area contributed by atoms with E-state index >= 15 is 0 Å². The summed E-state index contributed by atoms with van der Waals surface area (Å²) in [5.41, 5.74) is 0.382. The minimum Gasteiger partial charge on any atom is -0.368 e. The molecule has 0 aliphatic carbocycles. The summed E-state index contributed by atoms with van der Waals surface area (Å²) < 4.78 is 49.3. The van der Waals surface area contributed by atoms with Gasteiger partial charge in [0.2, 0.25) is 0 Å². The zero-order valence-corrected chi connectivity index (χ0v) is 13.9. The molecule has 1 aromatic rings. The molecule has 124 valence electrons. The van der Waals surface area contributed by atoms with Crippen molar-refractivity contribution in [1.29, 1.82) is 0 Å². The smallest absolute Gasteiger partial charge is 0.153 e. The SMILES string of the molecule is CC(C)(CN[C@H]1CCN(c2ccc(F)cc2F)C1)S(C)(=O)=O. The molecule has 1 heterocycles. The zero-order chi connectivity index (χ0) is 16.5. The summed E-state index contributed by atoms with van der Waals surface area (Å²) in [5, 5.41) is 3.24. The first kappa shape index (κ1) is 17.1. The molecular weight excluding hydrogens is 310 g/mol. The molecule has 0 aromatic heterocycles. The Kier molecular flexibility index (Phi) is 4.77. The molecule has 1 aliphatic heterocycles. The fourth-order valence-corrected chi connectivity index (χ4v) is 2.75. The van der Waals surface area contributed by atoms with Crippen LogP contribution in [0.15, 0.2) is 18.2 Å². The molecule has 1 aliphatic rings. The molecule has 2 rings (SSSR count). The number of sulfone groups is 1. The largest absolute Gasteiger partial charge is 0.368 e. The Balaban J connectivity index is 1.96. The first-order valence-corrected chi connectivity index (χ1v) is 9.12. The van der Waals surface area contributed by atoms with Gasteiger partial charge < -0.3 is 10.2 Å². The molecule has 1 saturated heterocycles. The number of hydrogen-bond donors (Lipinski definition) is 1. The lowest BCUT2D eigenvalue weighted by atomic mass is 10.2. The number of halogens is 2. The van der Waals surface area contributed by atoms with Gasteiger partial charge in [0.25, 0.3) is 0 Å². The maximum atomic E-state index is 13.8. The number of hydrogen-bond acceptors (Lipinski definition) is 4. The predicted octanol–water partition coefficient (Wildman–Crippen LogP) is 1.96. The van der Waals surface area contributed by atoms with Gasteiger partial charge in [-0.3, -0.25) is 0 Å². The molecule has 0 spiro atoms. The Morgan fingerprint density at radius 1 is 1.36 bits per heavy atom. The van der Waals surface area contributed by atoms with Crippen LogP contribution >= 0.6 is 0 Å². The summed E-state index contributed by atoms with van der Waals surface area (Å²) in [7, 11) is -3.15. The van der Waals surface area contributed by atoms with Gasteiger partial charge in [0.05, 0.1) is 10.4 Å². The lowest BCUT2D eigenvalue weighted by Gasteiger charge is -2.25. The molecule has 4 nitrogen and oxygen atoms in total. The van der Waals surface area contributed by atoms with Crippen LogP contribution in [0.25, 0.3) is 0 Å². The number of nitrogens with one attached hydrogen (secondary N) is 1.